The maximum atomic E-state index is 13.7. The second-order valence-electron chi connectivity index (χ2n) is 9.49. The van der Waals surface area contributed by atoms with Crippen molar-refractivity contribution in [1.29, 1.82) is 0 Å². The molecule has 208 valence electrons. The number of carbonyl (C=O) groups is 1. The van der Waals surface area contributed by atoms with E-state index >= 15 is 0 Å². The third-order valence-electron chi connectivity index (χ3n) is 6.56. The van der Waals surface area contributed by atoms with E-state index in [4.69, 9.17) is 14.0 Å². The summed E-state index contributed by atoms with van der Waals surface area (Å²) < 4.78 is 41.2. The van der Waals surface area contributed by atoms with Crippen LogP contribution in [0.25, 0.3) is 11.5 Å². The minimum absolute atomic E-state index is 0.166. The molecule has 0 unspecified atom stereocenters. The molecule has 5 rings (SSSR count). The fourth-order valence-corrected chi connectivity index (χ4v) is 6.18. The number of aromatic nitrogens is 1. The minimum atomic E-state index is -4.16. The Morgan fingerprint density at radius 2 is 1.82 bits per heavy atom. The van der Waals surface area contributed by atoms with E-state index in [1.807, 2.05) is 49.4 Å². The van der Waals surface area contributed by atoms with Crippen molar-refractivity contribution in [2.45, 2.75) is 39.7 Å². The number of nitrogens with zero attached hydrogens (tertiary/aromatic N) is 3. The smallest absolute Gasteiger partial charge is 0.335 e. The Morgan fingerprint density at radius 1 is 1.05 bits per heavy atom. The van der Waals surface area contributed by atoms with Crippen LogP contribution in [0.5, 0.6) is 5.75 Å². The average Bonchev–Trinajstić information content (AvgIpc) is 3.33. The quantitative estimate of drug-likeness (QED) is 0.244. The summed E-state index contributed by atoms with van der Waals surface area (Å²) in [6.45, 7) is 3.54. The Bertz CT molecular complexity index is 1590. The van der Waals surface area contributed by atoms with Crippen molar-refractivity contribution in [1.82, 2.24) is 9.45 Å². The third-order valence-corrected chi connectivity index (χ3v) is 8.22. The first-order chi connectivity index (χ1) is 19.3. The van der Waals surface area contributed by atoms with E-state index in [1.54, 1.807) is 36.4 Å². The van der Waals surface area contributed by atoms with Crippen molar-refractivity contribution in [3.8, 4) is 17.2 Å². The average molecular weight is 562 g/mol. The van der Waals surface area contributed by atoms with Crippen LogP contribution < -0.4 is 9.04 Å². The predicted octanol–water partition coefficient (Wildman–Crippen LogP) is 5.25. The Morgan fingerprint density at radius 3 is 2.62 bits per heavy atom. The van der Waals surface area contributed by atoms with Crippen LogP contribution in [0.3, 0.4) is 0 Å². The number of rotatable bonds is 10. The lowest BCUT2D eigenvalue weighted by Crippen LogP contribution is -2.46. The second-order valence-corrected chi connectivity index (χ2v) is 11.2. The molecule has 3 aromatic carbocycles. The third kappa shape index (κ3) is 6.19. The molecule has 1 aliphatic heterocycles. The number of hydroxylamine groups is 1. The number of anilines is 1. The number of aryl methyl sites for hydroxylation is 2. The number of carbonyl (C=O) groups excluding carboxylic acids is 1. The molecule has 9 nitrogen and oxygen atoms in total. The lowest BCUT2D eigenvalue weighted by molar-refractivity contribution is -0.168. The zero-order valence-electron chi connectivity index (χ0n) is 22.4. The van der Waals surface area contributed by atoms with Crippen molar-refractivity contribution in [3.05, 3.63) is 101 Å². The van der Waals surface area contributed by atoms with E-state index in [-0.39, 0.29) is 6.54 Å². The Labute approximate surface area is 234 Å². The summed E-state index contributed by atoms with van der Waals surface area (Å²) in [5.41, 5.74) is 3.86. The fraction of sp³-hybridized carbons (Fsp3) is 0.267. The van der Waals surface area contributed by atoms with Gasteiger partial charge in [0.05, 0.1) is 24.5 Å². The number of benzene rings is 3. The molecular weight excluding hydrogens is 530 g/mol. The molecule has 10 heteroatoms. The van der Waals surface area contributed by atoms with Gasteiger partial charge < -0.3 is 14.0 Å². The number of para-hydroxylation sites is 1. The standard InChI is InChI=1S/C30H31N3O6S/c1-22-28(31-30(38-22)26-12-4-3-5-13-26)17-19-37-27-15-8-10-24(20-27)21-33(39-23(2)34)40(35,36)32-18-9-14-25-11-6-7-16-29(25)32/h3-8,10-13,15-16,20H,9,14,17-19,21H2,1-2H3. The first-order valence-corrected chi connectivity index (χ1v) is 14.5. The minimum Gasteiger partial charge on any atom is -0.493 e. The topological polar surface area (TPSA) is 102 Å². The van der Waals surface area contributed by atoms with Crippen LogP contribution in [-0.2, 0) is 39.2 Å². The summed E-state index contributed by atoms with van der Waals surface area (Å²) in [5.74, 6) is 1.14. The summed E-state index contributed by atoms with van der Waals surface area (Å²) in [5, 5.41) is 0. The van der Waals surface area contributed by atoms with Gasteiger partial charge in [-0.15, -0.1) is 0 Å². The first-order valence-electron chi connectivity index (χ1n) is 13.1. The van der Waals surface area contributed by atoms with Gasteiger partial charge in [0.1, 0.15) is 11.5 Å². The highest BCUT2D eigenvalue weighted by molar-refractivity contribution is 7.90. The van der Waals surface area contributed by atoms with Crippen LogP contribution >= 0.6 is 0 Å². The van der Waals surface area contributed by atoms with Gasteiger partial charge >= 0.3 is 16.2 Å². The molecule has 1 aromatic heterocycles. The van der Waals surface area contributed by atoms with Crippen LogP contribution in [0.4, 0.5) is 5.69 Å². The highest BCUT2D eigenvalue weighted by Gasteiger charge is 2.35. The van der Waals surface area contributed by atoms with Crippen molar-refractivity contribution in [3.63, 3.8) is 0 Å². The molecule has 0 amide bonds. The molecule has 0 atom stereocenters. The fourth-order valence-electron chi connectivity index (χ4n) is 4.67. The van der Waals surface area contributed by atoms with E-state index < -0.39 is 16.2 Å². The number of hydrogen-bond acceptors (Lipinski definition) is 7. The highest BCUT2D eigenvalue weighted by Crippen LogP contribution is 2.31. The second kappa shape index (κ2) is 11.9. The summed E-state index contributed by atoms with van der Waals surface area (Å²) in [6.07, 6.45) is 2.00. The molecule has 1 aliphatic rings. The predicted molar refractivity (Wildman–Crippen MR) is 151 cm³/mol. The summed E-state index contributed by atoms with van der Waals surface area (Å²) in [6, 6.07) is 24.1. The molecule has 2 heterocycles. The molecule has 4 aromatic rings. The highest BCUT2D eigenvalue weighted by atomic mass is 32.2. The van der Waals surface area contributed by atoms with Gasteiger partial charge in [0.15, 0.2) is 0 Å². The van der Waals surface area contributed by atoms with Gasteiger partial charge in [-0.2, -0.15) is 8.42 Å². The number of fused-ring (bicyclic) bond motifs is 1. The van der Waals surface area contributed by atoms with E-state index in [1.165, 1.54) is 11.2 Å². The first kappa shape index (κ1) is 27.4. The molecule has 0 saturated heterocycles. The SMILES string of the molecule is CC(=O)ON(Cc1cccc(OCCc2nc(-c3ccccc3)oc2C)c1)S(=O)(=O)N1CCCc2ccccc21. The van der Waals surface area contributed by atoms with E-state index in [0.717, 1.165) is 33.5 Å². The Kier molecular flexibility index (Phi) is 8.18. The summed E-state index contributed by atoms with van der Waals surface area (Å²) in [4.78, 5) is 21.7. The molecule has 0 bridgehead atoms. The largest absolute Gasteiger partial charge is 0.493 e. The Hall–Kier alpha value is -4.15. The van der Waals surface area contributed by atoms with Crippen molar-refractivity contribution < 1.29 is 27.2 Å². The van der Waals surface area contributed by atoms with Crippen LogP contribution in [0.1, 0.15) is 35.9 Å². The van der Waals surface area contributed by atoms with Crippen LogP contribution in [0.2, 0.25) is 0 Å². The van der Waals surface area contributed by atoms with Gasteiger partial charge in [-0.3, -0.25) is 9.10 Å². The van der Waals surface area contributed by atoms with Crippen molar-refractivity contribution in [2.75, 3.05) is 17.5 Å². The van der Waals surface area contributed by atoms with Gasteiger partial charge in [-0.05, 0) is 65.7 Å². The lowest BCUT2D eigenvalue weighted by atomic mass is 10.0. The van der Waals surface area contributed by atoms with Gasteiger partial charge in [-0.1, -0.05) is 48.5 Å². The Balaban J connectivity index is 1.27. The van der Waals surface area contributed by atoms with Crippen molar-refractivity contribution >= 4 is 21.9 Å². The van der Waals surface area contributed by atoms with Gasteiger partial charge in [0, 0.05) is 25.5 Å². The molecule has 0 aliphatic carbocycles. The van der Waals surface area contributed by atoms with Crippen molar-refractivity contribution in [2.24, 2.45) is 0 Å². The molecule has 0 N–H and O–H groups in total. The molecule has 0 spiro atoms. The van der Waals surface area contributed by atoms with Crippen LogP contribution in [0.15, 0.2) is 83.3 Å². The number of oxazole rings is 1. The van der Waals surface area contributed by atoms with Gasteiger partial charge in [-0.25, -0.2) is 4.98 Å². The van der Waals surface area contributed by atoms with Crippen LogP contribution in [-0.4, -0.2) is 37.0 Å². The summed E-state index contributed by atoms with van der Waals surface area (Å²) >= 11 is 0. The molecule has 0 radical (unpaired) electrons. The zero-order chi connectivity index (χ0) is 28.1. The normalized spacial score (nSPS) is 13.2. The number of hydrogen-bond donors (Lipinski definition) is 0. The molecule has 40 heavy (non-hydrogen) atoms. The molecule has 0 saturated carbocycles. The maximum Gasteiger partial charge on any atom is 0.335 e. The zero-order valence-corrected chi connectivity index (χ0v) is 23.3. The van der Waals surface area contributed by atoms with Gasteiger partial charge in [0.2, 0.25) is 5.89 Å². The van der Waals surface area contributed by atoms with E-state index in [0.29, 0.717) is 48.9 Å². The summed E-state index contributed by atoms with van der Waals surface area (Å²) in [7, 11) is -4.16. The van der Waals surface area contributed by atoms with Gasteiger partial charge in [0.25, 0.3) is 0 Å². The van der Waals surface area contributed by atoms with Crippen LogP contribution in [0, 0.1) is 6.92 Å². The maximum absolute atomic E-state index is 13.7. The number of ether oxygens (including phenoxy) is 1. The molecule has 0 fully saturated rings. The lowest BCUT2D eigenvalue weighted by Gasteiger charge is -2.33. The monoisotopic (exact) mass is 561 g/mol. The van der Waals surface area contributed by atoms with E-state index in [2.05, 4.69) is 4.98 Å². The van der Waals surface area contributed by atoms with E-state index in [9.17, 15) is 13.2 Å². The molecular formula is C30H31N3O6S.